The number of carbonyl (C=O) groups excluding carboxylic acids is 1. The van der Waals surface area contributed by atoms with Crippen molar-refractivity contribution in [1.82, 2.24) is 15.3 Å². The molecule has 2 aromatic heterocycles. The highest BCUT2D eigenvalue weighted by atomic mass is 32.2. The van der Waals surface area contributed by atoms with Gasteiger partial charge >= 0.3 is 6.36 Å². The molecule has 0 spiro atoms. The lowest BCUT2D eigenvalue weighted by Crippen LogP contribution is -2.27. The third-order valence-corrected chi connectivity index (χ3v) is 5.94. The smallest absolute Gasteiger partial charge is 0.406 e. The van der Waals surface area contributed by atoms with E-state index in [9.17, 15) is 23.2 Å². The molecular formula is C23H23F3N4O3S. The molecule has 34 heavy (non-hydrogen) atoms. The molecule has 0 aliphatic rings. The number of halogens is 3. The molecule has 0 atom stereocenters. The summed E-state index contributed by atoms with van der Waals surface area (Å²) in [7, 11) is 1.54. The van der Waals surface area contributed by atoms with Crippen molar-refractivity contribution in [3.63, 3.8) is 0 Å². The average molecular weight is 493 g/mol. The summed E-state index contributed by atoms with van der Waals surface area (Å²) < 4.78 is 46.8. The molecule has 1 amide bonds. The van der Waals surface area contributed by atoms with E-state index in [0.29, 0.717) is 40.0 Å². The number of H-pyrrole nitrogens is 1. The van der Waals surface area contributed by atoms with E-state index in [1.165, 1.54) is 25.3 Å². The molecule has 0 bridgehead atoms. The van der Waals surface area contributed by atoms with Crippen molar-refractivity contribution in [3.05, 3.63) is 52.3 Å². The number of ether oxygens (including phenoxy) is 2. The Kier molecular flexibility index (Phi) is 8.06. The zero-order valence-electron chi connectivity index (χ0n) is 18.8. The fourth-order valence-corrected chi connectivity index (χ4v) is 4.50. The van der Waals surface area contributed by atoms with Crippen LogP contribution in [0.15, 0.2) is 29.3 Å². The maximum absolute atomic E-state index is 12.6. The lowest BCUT2D eigenvalue weighted by Gasteiger charge is -2.10. The highest BCUT2D eigenvalue weighted by molar-refractivity contribution is 8.00. The molecule has 0 aliphatic carbocycles. The van der Waals surface area contributed by atoms with Crippen LogP contribution in [0.25, 0.3) is 10.9 Å². The summed E-state index contributed by atoms with van der Waals surface area (Å²) >= 11 is 1.16. The van der Waals surface area contributed by atoms with Crippen molar-refractivity contribution in [3.8, 4) is 11.8 Å². The summed E-state index contributed by atoms with van der Waals surface area (Å²) in [5, 5.41) is 13.4. The number of hydrogen-bond acceptors (Lipinski definition) is 6. The molecule has 180 valence electrons. The zero-order valence-corrected chi connectivity index (χ0v) is 19.6. The summed E-state index contributed by atoms with van der Waals surface area (Å²) in [6, 6.07) is 8.02. The van der Waals surface area contributed by atoms with E-state index in [-0.39, 0.29) is 24.0 Å². The summed E-state index contributed by atoms with van der Waals surface area (Å²) in [6.07, 6.45) is -4.35. The Morgan fingerprint density at radius 3 is 2.74 bits per heavy atom. The predicted molar refractivity (Wildman–Crippen MR) is 122 cm³/mol. The number of benzene rings is 1. The normalized spacial score (nSPS) is 11.4. The van der Waals surface area contributed by atoms with Gasteiger partial charge in [0.25, 0.3) is 0 Å². The second kappa shape index (κ2) is 10.8. The maximum atomic E-state index is 12.6. The number of rotatable bonds is 9. The van der Waals surface area contributed by atoms with E-state index in [1.807, 2.05) is 6.92 Å². The van der Waals surface area contributed by atoms with Crippen LogP contribution in [0.5, 0.6) is 5.75 Å². The first-order valence-corrected chi connectivity index (χ1v) is 11.3. The van der Waals surface area contributed by atoms with Crippen LogP contribution in [0.1, 0.15) is 28.1 Å². The highest BCUT2D eigenvalue weighted by Crippen LogP contribution is 2.30. The van der Waals surface area contributed by atoms with E-state index in [1.54, 1.807) is 13.0 Å². The number of nitrogens with one attached hydrogen (secondary N) is 2. The Morgan fingerprint density at radius 1 is 1.29 bits per heavy atom. The van der Waals surface area contributed by atoms with Crippen molar-refractivity contribution in [1.29, 1.82) is 5.26 Å². The minimum Gasteiger partial charge on any atom is -0.406 e. The Balaban J connectivity index is 1.62. The molecule has 0 unspecified atom stereocenters. The summed E-state index contributed by atoms with van der Waals surface area (Å²) in [6.45, 7) is 4.19. The van der Waals surface area contributed by atoms with Gasteiger partial charge in [-0.05, 0) is 55.7 Å². The molecule has 1 aromatic carbocycles. The van der Waals surface area contributed by atoms with E-state index >= 15 is 0 Å². The topological polar surface area (TPSA) is 100 Å². The minimum atomic E-state index is -4.77. The summed E-state index contributed by atoms with van der Waals surface area (Å²) in [4.78, 5) is 19.9. The van der Waals surface area contributed by atoms with Crippen LogP contribution >= 0.6 is 11.8 Å². The average Bonchev–Trinajstić information content (AvgIpc) is 3.06. The highest BCUT2D eigenvalue weighted by Gasteiger charge is 2.31. The second-order valence-corrected chi connectivity index (χ2v) is 8.48. The van der Waals surface area contributed by atoms with Gasteiger partial charge in [0.05, 0.1) is 17.9 Å². The van der Waals surface area contributed by atoms with Crippen LogP contribution in [0.3, 0.4) is 0 Å². The van der Waals surface area contributed by atoms with Crippen molar-refractivity contribution < 1.29 is 27.4 Å². The SMILES string of the molecule is COCc1cc(C)nc(SCC(=O)NCCc2c(C)[nH]c3ccc(OC(F)(F)F)cc23)c1C#N. The number of amides is 1. The van der Waals surface area contributed by atoms with Crippen LogP contribution in [0.4, 0.5) is 13.2 Å². The number of nitrogens with zero attached hydrogens (tertiary/aromatic N) is 2. The van der Waals surface area contributed by atoms with Gasteiger partial charge in [0, 0.05) is 35.9 Å². The lowest BCUT2D eigenvalue weighted by molar-refractivity contribution is -0.274. The molecule has 0 saturated heterocycles. The molecular weight excluding hydrogens is 469 g/mol. The predicted octanol–water partition coefficient (Wildman–Crippen LogP) is 4.55. The third kappa shape index (κ3) is 6.42. The van der Waals surface area contributed by atoms with E-state index in [2.05, 4.69) is 26.1 Å². The van der Waals surface area contributed by atoms with Gasteiger partial charge in [0.2, 0.25) is 5.91 Å². The number of alkyl halides is 3. The fourth-order valence-electron chi connectivity index (χ4n) is 3.60. The largest absolute Gasteiger partial charge is 0.573 e. The van der Waals surface area contributed by atoms with Crippen LogP contribution in [-0.2, 0) is 22.6 Å². The maximum Gasteiger partial charge on any atom is 0.573 e. The van der Waals surface area contributed by atoms with Gasteiger partial charge < -0.3 is 19.8 Å². The first kappa shape index (κ1) is 25.4. The van der Waals surface area contributed by atoms with Crippen molar-refractivity contribution in [2.45, 2.75) is 38.3 Å². The Labute approximate surface area is 198 Å². The molecule has 3 aromatic rings. The Morgan fingerprint density at radius 2 is 2.06 bits per heavy atom. The number of thioether (sulfide) groups is 1. The molecule has 2 heterocycles. The third-order valence-electron chi connectivity index (χ3n) is 4.97. The number of fused-ring (bicyclic) bond motifs is 1. The number of hydrogen-bond donors (Lipinski definition) is 2. The first-order valence-electron chi connectivity index (χ1n) is 10.3. The van der Waals surface area contributed by atoms with Gasteiger partial charge in [-0.1, -0.05) is 11.8 Å². The van der Waals surface area contributed by atoms with Gasteiger partial charge in [-0.2, -0.15) is 5.26 Å². The second-order valence-electron chi connectivity index (χ2n) is 7.52. The van der Waals surface area contributed by atoms with Crippen molar-refractivity contribution >= 4 is 28.6 Å². The van der Waals surface area contributed by atoms with Gasteiger partial charge in [-0.15, -0.1) is 13.2 Å². The molecule has 7 nitrogen and oxygen atoms in total. The molecule has 0 fully saturated rings. The molecule has 11 heteroatoms. The number of nitriles is 1. The standard InChI is InChI=1S/C23H23F3N4O3S/c1-13-8-15(11-32-3)19(10-27)22(29-13)34-12-21(31)28-7-6-17-14(2)30-20-5-4-16(9-18(17)20)33-23(24,25)26/h4-5,8-9,30H,6-7,11-12H2,1-3H3,(H,28,31). The molecule has 0 saturated carbocycles. The van der Waals surface area contributed by atoms with E-state index in [0.717, 1.165) is 28.7 Å². The monoisotopic (exact) mass is 492 g/mol. The number of methoxy groups -OCH3 is 1. The lowest BCUT2D eigenvalue weighted by atomic mass is 10.1. The number of pyridine rings is 1. The quantitative estimate of drug-likeness (QED) is 0.425. The summed E-state index contributed by atoms with van der Waals surface area (Å²) in [5.74, 6) is -0.481. The molecule has 3 rings (SSSR count). The van der Waals surface area contributed by atoms with Gasteiger partial charge in [-0.3, -0.25) is 4.79 Å². The van der Waals surface area contributed by atoms with Crippen molar-refractivity contribution in [2.24, 2.45) is 0 Å². The zero-order chi connectivity index (χ0) is 24.9. The molecule has 0 aliphatic heterocycles. The minimum absolute atomic E-state index is 0.0635. The van der Waals surface area contributed by atoms with E-state index in [4.69, 9.17) is 4.74 Å². The Hall–Kier alpha value is -3.23. The van der Waals surface area contributed by atoms with Crippen LogP contribution in [0.2, 0.25) is 0 Å². The first-order chi connectivity index (χ1) is 16.1. The molecule has 2 N–H and O–H groups in total. The number of aryl methyl sites for hydroxylation is 2. The van der Waals surface area contributed by atoms with Gasteiger partial charge in [-0.25, -0.2) is 4.98 Å². The fraction of sp³-hybridized carbons (Fsp3) is 0.348. The van der Waals surface area contributed by atoms with Gasteiger partial charge in [0.15, 0.2) is 0 Å². The van der Waals surface area contributed by atoms with Crippen LogP contribution in [-0.4, -0.2) is 41.6 Å². The molecule has 0 radical (unpaired) electrons. The number of aromatic amines is 1. The van der Waals surface area contributed by atoms with Gasteiger partial charge in [0.1, 0.15) is 16.8 Å². The number of carbonyl (C=O) groups is 1. The van der Waals surface area contributed by atoms with Crippen LogP contribution < -0.4 is 10.1 Å². The summed E-state index contributed by atoms with van der Waals surface area (Å²) in [5.41, 5.74) is 4.10. The number of aromatic nitrogens is 2. The van der Waals surface area contributed by atoms with E-state index < -0.39 is 6.36 Å². The van der Waals surface area contributed by atoms with Crippen LogP contribution in [0, 0.1) is 25.2 Å². The Bertz CT molecular complexity index is 1230. The van der Waals surface area contributed by atoms with Crippen molar-refractivity contribution in [2.75, 3.05) is 19.4 Å².